The Labute approximate surface area is 117 Å². The molecule has 0 aliphatic heterocycles. The number of carbonyl (C=O) groups excluding carboxylic acids is 1. The second-order valence-corrected chi connectivity index (χ2v) is 4.45. The Bertz CT molecular complexity index is 602. The molecule has 2 N–H and O–H groups in total. The Balaban J connectivity index is 2.24. The molecule has 2 aromatic rings. The lowest BCUT2D eigenvalue weighted by atomic mass is 10.0. The third-order valence-electron chi connectivity index (χ3n) is 2.89. The highest BCUT2D eigenvalue weighted by Gasteiger charge is 2.14. The standard InChI is InChI=1S/C16H16O4/c1-11-2-4-12(5-3-11)16(19)14-7-6-13(10-15(14)18)20-9-8-17/h2-7,10,17-18H,8-9H2,1H3. The molecule has 0 aliphatic carbocycles. The van der Waals surface area contributed by atoms with E-state index in [-0.39, 0.29) is 30.3 Å². The van der Waals surface area contributed by atoms with Crippen LogP contribution in [-0.4, -0.2) is 29.2 Å². The highest BCUT2D eigenvalue weighted by molar-refractivity contribution is 6.10. The number of phenols is 1. The van der Waals surface area contributed by atoms with E-state index in [0.29, 0.717) is 11.3 Å². The maximum Gasteiger partial charge on any atom is 0.196 e. The van der Waals surface area contributed by atoms with Gasteiger partial charge in [-0.15, -0.1) is 0 Å². The van der Waals surface area contributed by atoms with Crippen molar-refractivity contribution in [1.82, 2.24) is 0 Å². The highest BCUT2D eigenvalue weighted by atomic mass is 16.5. The maximum absolute atomic E-state index is 12.3. The van der Waals surface area contributed by atoms with Gasteiger partial charge in [-0.05, 0) is 19.1 Å². The molecule has 0 heterocycles. The topological polar surface area (TPSA) is 66.8 Å². The van der Waals surface area contributed by atoms with Crippen molar-refractivity contribution in [1.29, 1.82) is 0 Å². The monoisotopic (exact) mass is 272 g/mol. The fourth-order valence-corrected chi connectivity index (χ4v) is 1.82. The van der Waals surface area contributed by atoms with Crippen LogP contribution in [0.25, 0.3) is 0 Å². The maximum atomic E-state index is 12.3. The molecule has 0 saturated carbocycles. The lowest BCUT2D eigenvalue weighted by Crippen LogP contribution is -2.04. The second kappa shape index (κ2) is 6.21. The van der Waals surface area contributed by atoms with Gasteiger partial charge >= 0.3 is 0 Å². The smallest absolute Gasteiger partial charge is 0.196 e. The molecule has 0 aliphatic rings. The largest absolute Gasteiger partial charge is 0.507 e. The molecular formula is C16H16O4. The molecular weight excluding hydrogens is 256 g/mol. The first-order valence-electron chi connectivity index (χ1n) is 6.30. The summed E-state index contributed by atoms with van der Waals surface area (Å²) in [5.41, 5.74) is 1.82. The molecule has 0 spiro atoms. The van der Waals surface area contributed by atoms with Gasteiger partial charge in [0.25, 0.3) is 0 Å². The van der Waals surface area contributed by atoms with Crippen LogP contribution in [0.3, 0.4) is 0 Å². The number of aliphatic hydroxyl groups excluding tert-OH is 1. The third kappa shape index (κ3) is 3.16. The Morgan fingerprint density at radius 3 is 2.45 bits per heavy atom. The lowest BCUT2D eigenvalue weighted by Gasteiger charge is -2.08. The average Bonchev–Trinajstić information content (AvgIpc) is 2.45. The van der Waals surface area contributed by atoms with Gasteiger partial charge in [-0.2, -0.15) is 0 Å². The number of benzene rings is 2. The molecule has 104 valence electrons. The summed E-state index contributed by atoms with van der Waals surface area (Å²) < 4.78 is 5.17. The molecule has 0 saturated heterocycles. The van der Waals surface area contributed by atoms with E-state index in [1.54, 1.807) is 18.2 Å². The second-order valence-electron chi connectivity index (χ2n) is 4.45. The highest BCUT2D eigenvalue weighted by Crippen LogP contribution is 2.26. The van der Waals surface area contributed by atoms with Crippen LogP contribution in [0.2, 0.25) is 0 Å². The van der Waals surface area contributed by atoms with Gasteiger partial charge in [-0.1, -0.05) is 29.8 Å². The normalized spacial score (nSPS) is 10.3. The number of ketones is 1. The number of aromatic hydroxyl groups is 1. The van der Waals surface area contributed by atoms with Crippen molar-refractivity contribution in [2.75, 3.05) is 13.2 Å². The zero-order chi connectivity index (χ0) is 14.5. The number of phenolic OH excluding ortho intramolecular Hbond substituents is 1. The number of carbonyl (C=O) groups is 1. The summed E-state index contributed by atoms with van der Waals surface area (Å²) in [5.74, 6) is 0.0410. The summed E-state index contributed by atoms with van der Waals surface area (Å²) in [6.07, 6.45) is 0. The summed E-state index contributed by atoms with van der Waals surface area (Å²) in [4.78, 5) is 12.3. The van der Waals surface area contributed by atoms with Crippen molar-refractivity contribution in [3.05, 3.63) is 59.2 Å². The summed E-state index contributed by atoms with van der Waals surface area (Å²) in [6, 6.07) is 11.6. The van der Waals surface area contributed by atoms with E-state index >= 15 is 0 Å². The van der Waals surface area contributed by atoms with Crippen LogP contribution in [0.4, 0.5) is 0 Å². The number of aliphatic hydroxyl groups is 1. The molecule has 0 amide bonds. The Morgan fingerprint density at radius 2 is 1.85 bits per heavy atom. The predicted molar refractivity (Wildman–Crippen MR) is 75.3 cm³/mol. The van der Waals surface area contributed by atoms with Gasteiger partial charge in [0.1, 0.15) is 18.1 Å². The van der Waals surface area contributed by atoms with Crippen LogP contribution in [0, 0.1) is 6.92 Å². The molecule has 0 bridgehead atoms. The quantitative estimate of drug-likeness (QED) is 0.820. The van der Waals surface area contributed by atoms with Crippen LogP contribution in [-0.2, 0) is 0 Å². The minimum absolute atomic E-state index is 0.106. The van der Waals surface area contributed by atoms with E-state index in [0.717, 1.165) is 5.56 Å². The zero-order valence-corrected chi connectivity index (χ0v) is 11.2. The van der Waals surface area contributed by atoms with Crippen molar-refractivity contribution in [2.24, 2.45) is 0 Å². The van der Waals surface area contributed by atoms with E-state index in [1.807, 2.05) is 19.1 Å². The van der Waals surface area contributed by atoms with Crippen LogP contribution in [0.1, 0.15) is 21.5 Å². The van der Waals surface area contributed by atoms with Crippen LogP contribution >= 0.6 is 0 Å². The number of hydrogen-bond acceptors (Lipinski definition) is 4. The minimum atomic E-state index is -0.240. The molecule has 4 nitrogen and oxygen atoms in total. The van der Waals surface area contributed by atoms with Gasteiger partial charge in [0, 0.05) is 11.6 Å². The number of ether oxygens (including phenoxy) is 1. The summed E-state index contributed by atoms with van der Waals surface area (Å²) in [5, 5.41) is 18.6. The van der Waals surface area contributed by atoms with Crippen molar-refractivity contribution in [2.45, 2.75) is 6.92 Å². The molecule has 2 aromatic carbocycles. The van der Waals surface area contributed by atoms with E-state index in [4.69, 9.17) is 9.84 Å². The van der Waals surface area contributed by atoms with Gasteiger partial charge < -0.3 is 14.9 Å². The molecule has 20 heavy (non-hydrogen) atoms. The number of rotatable bonds is 5. The molecule has 0 radical (unpaired) electrons. The van der Waals surface area contributed by atoms with Crippen molar-refractivity contribution in [3.8, 4) is 11.5 Å². The lowest BCUT2D eigenvalue weighted by molar-refractivity contribution is 0.103. The third-order valence-corrected chi connectivity index (χ3v) is 2.89. The minimum Gasteiger partial charge on any atom is -0.507 e. The van der Waals surface area contributed by atoms with Gasteiger partial charge in [-0.3, -0.25) is 4.79 Å². The summed E-state index contributed by atoms with van der Waals surface area (Å²) >= 11 is 0. The average molecular weight is 272 g/mol. The van der Waals surface area contributed by atoms with Crippen molar-refractivity contribution < 1.29 is 19.7 Å². The van der Waals surface area contributed by atoms with Gasteiger partial charge in [0.2, 0.25) is 0 Å². The fourth-order valence-electron chi connectivity index (χ4n) is 1.82. The molecule has 4 heteroatoms. The SMILES string of the molecule is Cc1ccc(C(=O)c2ccc(OCCO)cc2O)cc1. The van der Waals surface area contributed by atoms with Crippen molar-refractivity contribution >= 4 is 5.78 Å². The number of aryl methyl sites for hydroxylation is 1. The first-order valence-corrected chi connectivity index (χ1v) is 6.30. The first-order chi connectivity index (χ1) is 9.61. The van der Waals surface area contributed by atoms with Crippen LogP contribution < -0.4 is 4.74 Å². The molecule has 0 fully saturated rings. The molecule has 0 unspecified atom stereocenters. The number of hydrogen-bond donors (Lipinski definition) is 2. The van der Waals surface area contributed by atoms with Crippen LogP contribution in [0.15, 0.2) is 42.5 Å². The Hall–Kier alpha value is -2.33. The predicted octanol–water partition coefficient (Wildman–Crippen LogP) is 2.30. The van der Waals surface area contributed by atoms with Crippen LogP contribution in [0.5, 0.6) is 11.5 Å². The van der Waals surface area contributed by atoms with Gasteiger partial charge in [0.05, 0.1) is 12.2 Å². The fraction of sp³-hybridized carbons (Fsp3) is 0.188. The summed E-state index contributed by atoms with van der Waals surface area (Å²) in [7, 11) is 0. The molecule has 2 rings (SSSR count). The summed E-state index contributed by atoms with van der Waals surface area (Å²) in [6.45, 7) is 1.98. The molecule has 0 atom stereocenters. The van der Waals surface area contributed by atoms with Gasteiger partial charge in [-0.25, -0.2) is 0 Å². The van der Waals surface area contributed by atoms with E-state index < -0.39 is 0 Å². The van der Waals surface area contributed by atoms with E-state index in [1.165, 1.54) is 12.1 Å². The van der Waals surface area contributed by atoms with E-state index in [9.17, 15) is 9.90 Å². The van der Waals surface area contributed by atoms with Gasteiger partial charge in [0.15, 0.2) is 5.78 Å². The molecule has 0 aromatic heterocycles. The first kappa shape index (κ1) is 14.1. The van der Waals surface area contributed by atoms with E-state index in [2.05, 4.69) is 0 Å². The Kier molecular flexibility index (Phi) is 4.38. The zero-order valence-electron chi connectivity index (χ0n) is 11.2. The van der Waals surface area contributed by atoms with Crippen molar-refractivity contribution in [3.63, 3.8) is 0 Å². The Morgan fingerprint density at radius 1 is 1.15 bits per heavy atom.